The summed E-state index contributed by atoms with van der Waals surface area (Å²) in [5.41, 5.74) is 2.07. The third-order valence-corrected chi connectivity index (χ3v) is 5.68. The largest absolute Gasteiger partial charge is 0.408 e. The number of carbonyl (C=O) groups excluding carboxylic acids is 2. The zero-order chi connectivity index (χ0) is 19.6. The number of halogens is 3. The Hall–Kier alpha value is -2.05. The maximum atomic E-state index is 12.8. The van der Waals surface area contributed by atoms with Gasteiger partial charge in [0.05, 0.1) is 6.04 Å². The summed E-state index contributed by atoms with van der Waals surface area (Å²) in [6.07, 6.45) is -0.634. The molecule has 3 rings (SSSR count). The number of rotatable bonds is 5. The molecule has 4 nitrogen and oxygen atoms in total. The highest BCUT2D eigenvalue weighted by molar-refractivity contribution is 6.01. The molecule has 1 aliphatic carbocycles. The van der Waals surface area contributed by atoms with Gasteiger partial charge in [0.1, 0.15) is 12.0 Å². The van der Waals surface area contributed by atoms with Crippen molar-refractivity contribution in [1.29, 1.82) is 0 Å². The van der Waals surface area contributed by atoms with Gasteiger partial charge < -0.3 is 10.6 Å². The Morgan fingerprint density at radius 1 is 1.19 bits per heavy atom. The van der Waals surface area contributed by atoms with Crippen LogP contribution in [0, 0.1) is 18.8 Å². The molecular formula is C20H25F3N2O2. The van der Waals surface area contributed by atoms with Crippen molar-refractivity contribution in [2.75, 3.05) is 0 Å². The zero-order valence-electron chi connectivity index (χ0n) is 15.3. The molecule has 1 heterocycles. The van der Waals surface area contributed by atoms with E-state index in [9.17, 15) is 22.8 Å². The Labute approximate surface area is 156 Å². The first kappa shape index (κ1) is 19.7. The molecule has 7 heteroatoms. The van der Waals surface area contributed by atoms with Crippen molar-refractivity contribution in [1.82, 2.24) is 10.6 Å². The molecular weight excluding hydrogens is 357 g/mol. The zero-order valence-corrected chi connectivity index (χ0v) is 15.3. The average Bonchev–Trinajstić information content (AvgIpc) is 2.56. The quantitative estimate of drug-likeness (QED) is 0.761. The molecule has 3 unspecified atom stereocenters. The standard InChI is InChI=1S/C20H25F3N2O2/c1-12-5-7-14(8-6-12)16(11-13-3-2-4-13)24-18(26)15-9-10-17(20(21,22)23)25-19(15)27/h5-8,13,15-17H,2-4,9-11H2,1H3,(H,24,26)(H,25,27). The molecule has 2 aliphatic rings. The van der Waals surface area contributed by atoms with Crippen molar-refractivity contribution in [2.24, 2.45) is 11.8 Å². The van der Waals surface area contributed by atoms with Crippen LogP contribution in [0.3, 0.4) is 0 Å². The van der Waals surface area contributed by atoms with Crippen LogP contribution in [0.25, 0.3) is 0 Å². The fourth-order valence-electron chi connectivity index (χ4n) is 3.72. The second-order valence-corrected chi connectivity index (χ2v) is 7.74. The first-order valence-electron chi connectivity index (χ1n) is 9.48. The molecule has 148 valence electrons. The van der Waals surface area contributed by atoms with E-state index in [1.807, 2.05) is 36.5 Å². The Kier molecular flexibility index (Phi) is 5.77. The van der Waals surface area contributed by atoms with Crippen molar-refractivity contribution in [3.05, 3.63) is 35.4 Å². The van der Waals surface area contributed by atoms with Crippen molar-refractivity contribution < 1.29 is 22.8 Å². The molecule has 0 spiro atoms. The minimum absolute atomic E-state index is 0.0914. The highest BCUT2D eigenvalue weighted by Crippen LogP contribution is 2.35. The Morgan fingerprint density at radius 3 is 2.37 bits per heavy atom. The first-order chi connectivity index (χ1) is 12.7. The van der Waals surface area contributed by atoms with Crippen LogP contribution in [-0.2, 0) is 9.59 Å². The lowest BCUT2D eigenvalue weighted by Crippen LogP contribution is -2.54. The van der Waals surface area contributed by atoms with Gasteiger partial charge in [-0.2, -0.15) is 13.2 Å². The van der Waals surface area contributed by atoms with Crippen molar-refractivity contribution in [2.45, 2.75) is 63.7 Å². The van der Waals surface area contributed by atoms with Gasteiger partial charge in [-0.25, -0.2) is 0 Å². The molecule has 2 N–H and O–H groups in total. The Balaban J connectivity index is 1.67. The Bertz CT molecular complexity index is 683. The summed E-state index contributed by atoms with van der Waals surface area (Å²) in [5.74, 6) is -1.87. The Morgan fingerprint density at radius 2 is 1.85 bits per heavy atom. The van der Waals surface area contributed by atoms with Gasteiger partial charge in [0.2, 0.25) is 11.8 Å². The van der Waals surface area contributed by atoms with Gasteiger partial charge in [0, 0.05) is 0 Å². The van der Waals surface area contributed by atoms with Crippen LogP contribution in [0.5, 0.6) is 0 Å². The molecule has 2 amide bonds. The fourth-order valence-corrected chi connectivity index (χ4v) is 3.72. The average molecular weight is 382 g/mol. The number of benzene rings is 1. The molecule has 1 aliphatic heterocycles. The second-order valence-electron chi connectivity index (χ2n) is 7.74. The number of carbonyl (C=O) groups is 2. The third kappa shape index (κ3) is 4.82. The van der Waals surface area contributed by atoms with Crippen LogP contribution in [0.15, 0.2) is 24.3 Å². The minimum atomic E-state index is -4.48. The van der Waals surface area contributed by atoms with E-state index in [0.717, 1.165) is 30.4 Å². The summed E-state index contributed by atoms with van der Waals surface area (Å²) in [6, 6.07) is 5.76. The maximum Gasteiger partial charge on any atom is 0.408 e. The SMILES string of the molecule is Cc1ccc(C(CC2CCC2)NC(=O)C2CCC(C(F)(F)F)NC2=O)cc1. The van der Waals surface area contributed by atoms with Crippen LogP contribution in [0.2, 0.25) is 0 Å². The normalized spacial score (nSPS) is 24.7. The first-order valence-corrected chi connectivity index (χ1v) is 9.48. The van der Waals surface area contributed by atoms with Gasteiger partial charge >= 0.3 is 6.18 Å². The molecule has 0 bridgehead atoms. The van der Waals surface area contributed by atoms with E-state index < -0.39 is 30.0 Å². The van der Waals surface area contributed by atoms with E-state index in [2.05, 4.69) is 5.32 Å². The number of aryl methyl sites for hydroxylation is 1. The van der Waals surface area contributed by atoms with Crippen LogP contribution in [-0.4, -0.2) is 24.0 Å². The summed E-state index contributed by atoms with van der Waals surface area (Å²) in [4.78, 5) is 24.7. The number of hydrogen-bond acceptors (Lipinski definition) is 2. The molecule has 0 aromatic heterocycles. The van der Waals surface area contributed by atoms with E-state index in [0.29, 0.717) is 5.92 Å². The van der Waals surface area contributed by atoms with E-state index in [1.54, 1.807) is 0 Å². The van der Waals surface area contributed by atoms with Gasteiger partial charge in [-0.3, -0.25) is 9.59 Å². The van der Waals surface area contributed by atoms with Crippen molar-refractivity contribution >= 4 is 11.8 Å². The van der Waals surface area contributed by atoms with Crippen LogP contribution >= 0.6 is 0 Å². The van der Waals surface area contributed by atoms with Crippen LogP contribution in [0.4, 0.5) is 13.2 Å². The van der Waals surface area contributed by atoms with Crippen molar-refractivity contribution in [3.63, 3.8) is 0 Å². The van der Waals surface area contributed by atoms with E-state index in [1.165, 1.54) is 6.42 Å². The summed E-state index contributed by atoms with van der Waals surface area (Å²) < 4.78 is 38.3. The number of piperidine rings is 1. The predicted octanol–water partition coefficient (Wildman–Crippen LogP) is 3.80. The van der Waals surface area contributed by atoms with E-state index in [-0.39, 0.29) is 18.9 Å². The third-order valence-electron chi connectivity index (χ3n) is 5.68. The maximum absolute atomic E-state index is 12.8. The summed E-state index contributed by atoms with van der Waals surface area (Å²) >= 11 is 0. The molecule has 27 heavy (non-hydrogen) atoms. The molecule has 2 fully saturated rings. The van der Waals surface area contributed by atoms with Gasteiger partial charge in [0.15, 0.2) is 0 Å². The van der Waals surface area contributed by atoms with Crippen LogP contribution < -0.4 is 10.6 Å². The lowest BCUT2D eigenvalue weighted by Gasteiger charge is -2.33. The summed E-state index contributed by atoms with van der Waals surface area (Å²) in [5, 5.41) is 4.87. The molecule has 1 aromatic rings. The monoisotopic (exact) mass is 382 g/mol. The second kappa shape index (κ2) is 7.90. The van der Waals surface area contributed by atoms with Gasteiger partial charge in [-0.15, -0.1) is 0 Å². The number of alkyl halides is 3. The van der Waals surface area contributed by atoms with Gasteiger partial charge in [-0.05, 0) is 37.7 Å². The highest BCUT2D eigenvalue weighted by Gasteiger charge is 2.46. The lowest BCUT2D eigenvalue weighted by atomic mass is 9.79. The topological polar surface area (TPSA) is 58.2 Å². The molecule has 1 saturated carbocycles. The predicted molar refractivity (Wildman–Crippen MR) is 94.7 cm³/mol. The van der Waals surface area contributed by atoms with Crippen LogP contribution in [0.1, 0.15) is 55.7 Å². The lowest BCUT2D eigenvalue weighted by molar-refractivity contribution is -0.171. The summed E-state index contributed by atoms with van der Waals surface area (Å²) in [6.45, 7) is 1.98. The molecule has 1 aromatic carbocycles. The van der Waals surface area contributed by atoms with E-state index >= 15 is 0 Å². The van der Waals surface area contributed by atoms with E-state index in [4.69, 9.17) is 0 Å². The molecule has 1 saturated heterocycles. The molecule has 3 atom stereocenters. The van der Waals surface area contributed by atoms with Crippen molar-refractivity contribution in [3.8, 4) is 0 Å². The van der Waals surface area contributed by atoms with Gasteiger partial charge in [0.25, 0.3) is 0 Å². The number of nitrogens with one attached hydrogen (secondary N) is 2. The minimum Gasteiger partial charge on any atom is -0.349 e. The molecule has 0 radical (unpaired) electrons. The van der Waals surface area contributed by atoms with Gasteiger partial charge in [-0.1, -0.05) is 49.1 Å². The highest BCUT2D eigenvalue weighted by atomic mass is 19.4. The fraction of sp³-hybridized carbons (Fsp3) is 0.600. The summed E-state index contributed by atoms with van der Waals surface area (Å²) in [7, 11) is 0. The number of hydrogen-bond donors (Lipinski definition) is 2. The smallest absolute Gasteiger partial charge is 0.349 e. The number of amides is 2.